The molecule has 0 saturated carbocycles. The Labute approximate surface area is 146 Å². The fraction of sp³-hybridized carbons (Fsp3) is 0.412. The van der Waals surface area contributed by atoms with Gasteiger partial charge in [0.05, 0.1) is 19.9 Å². The monoisotopic (exact) mass is 349 g/mol. The summed E-state index contributed by atoms with van der Waals surface area (Å²) in [5, 5.41) is 0. The Morgan fingerprint density at radius 2 is 1.96 bits per heavy atom. The minimum absolute atomic E-state index is 0.254. The fourth-order valence-corrected chi connectivity index (χ4v) is 2.67. The van der Waals surface area contributed by atoms with Crippen molar-refractivity contribution in [3.05, 3.63) is 39.4 Å². The van der Waals surface area contributed by atoms with Crippen LogP contribution in [0.5, 0.6) is 11.5 Å². The van der Waals surface area contributed by atoms with E-state index in [-0.39, 0.29) is 11.1 Å². The van der Waals surface area contributed by atoms with Crippen LogP contribution in [0.3, 0.4) is 0 Å². The zero-order chi connectivity index (χ0) is 17.9. The zero-order valence-electron chi connectivity index (χ0n) is 14.4. The van der Waals surface area contributed by atoms with Crippen molar-refractivity contribution < 1.29 is 9.47 Å². The van der Waals surface area contributed by atoms with E-state index in [0.29, 0.717) is 34.9 Å². The molecule has 0 amide bonds. The zero-order valence-corrected chi connectivity index (χ0v) is 15.2. The number of rotatable bonds is 6. The Morgan fingerprint density at radius 1 is 1.25 bits per heavy atom. The summed E-state index contributed by atoms with van der Waals surface area (Å²) in [6.07, 6.45) is 0.707. The molecule has 1 heterocycles. The van der Waals surface area contributed by atoms with Crippen LogP contribution in [0.2, 0.25) is 0 Å². The number of benzene rings is 1. The number of methoxy groups -OCH3 is 2. The fourth-order valence-electron chi connectivity index (χ4n) is 2.38. The van der Waals surface area contributed by atoms with E-state index in [1.807, 2.05) is 30.5 Å². The summed E-state index contributed by atoms with van der Waals surface area (Å²) in [6, 6.07) is 6.96. The summed E-state index contributed by atoms with van der Waals surface area (Å²) in [5.74, 6) is 1.28. The molecule has 0 bridgehead atoms. The van der Waals surface area contributed by atoms with Gasteiger partial charge in [-0.15, -0.1) is 0 Å². The third kappa shape index (κ3) is 4.24. The van der Waals surface area contributed by atoms with E-state index >= 15 is 0 Å². The van der Waals surface area contributed by atoms with Gasteiger partial charge in [0.15, 0.2) is 4.77 Å². The summed E-state index contributed by atoms with van der Waals surface area (Å²) < 4.78 is 12.9. The maximum absolute atomic E-state index is 11.9. The van der Waals surface area contributed by atoms with E-state index in [1.165, 1.54) is 6.07 Å². The number of hydrogen-bond acceptors (Lipinski definition) is 5. The molecular weight excluding hydrogens is 326 g/mol. The number of H-pyrrole nitrogens is 1. The van der Waals surface area contributed by atoms with E-state index in [2.05, 4.69) is 4.98 Å². The molecule has 2 rings (SSSR count). The van der Waals surface area contributed by atoms with Crippen molar-refractivity contribution in [2.75, 3.05) is 14.2 Å². The summed E-state index contributed by atoms with van der Waals surface area (Å²) in [4.78, 5) is 14.6. The van der Waals surface area contributed by atoms with Crippen LogP contribution < -0.4 is 20.8 Å². The van der Waals surface area contributed by atoms with Crippen molar-refractivity contribution >= 4 is 12.2 Å². The summed E-state index contributed by atoms with van der Waals surface area (Å²) >= 11 is 5.34. The van der Waals surface area contributed by atoms with Crippen molar-refractivity contribution in [2.24, 2.45) is 5.73 Å². The first kappa shape index (κ1) is 18.2. The van der Waals surface area contributed by atoms with Gasteiger partial charge in [-0.3, -0.25) is 9.78 Å². The van der Waals surface area contributed by atoms with Crippen LogP contribution in [0, 0.1) is 4.77 Å². The van der Waals surface area contributed by atoms with Crippen molar-refractivity contribution in [3.8, 4) is 22.8 Å². The molecule has 2 aromatic rings. The van der Waals surface area contributed by atoms with Gasteiger partial charge in [0, 0.05) is 29.8 Å². The predicted molar refractivity (Wildman–Crippen MR) is 97.3 cm³/mol. The number of ether oxygens (including phenoxy) is 2. The number of aromatic nitrogens is 2. The van der Waals surface area contributed by atoms with Crippen molar-refractivity contribution in [1.29, 1.82) is 0 Å². The first-order valence-electron chi connectivity index (χ1n) is 7.60. The van der Waals surface area contributed by atoms with E-state index in [9.17, 15) is 4.79 Å². The van der Waals surface area contributed by atoms with E-state index in [4.69, 9.17) is 27.4 Å². The lowest BCUT2D eigenvalue weighted by molar-refractivity contribution is 0.394. The molecule has 0 radical (unpaired) electrons. The summed E-state index contributed by atoms with van der Waals surface area (Å²) in [7, 11) is 3.17. The topological polar surface area (TPSA) is 82.3 Å². The molecule has 0 spiro atoms. The Morgan fingerprint density at radius 3 is 2.54 bits per heavy atom. The van der Waals surface area contributed by atoms with Crippen molar-refractivity contribution in [3.63, 3.8) is 0 Å². The molecule has 0 aliphatic heterocycles. The SMILES string of the molecule is COc1ccc(-c2cc(=O)[nH]c(=S)n2CCC(C)(C)N)c(OC)c1. The molecule has 0 atom stereocenters. The molecule has 0 aliphatic rings. The lowest BCUT2D eigenvalue weighted by Gasteiger charge is -2.21. The maximum atomic E-state index is 11.9. The minimum Gasteiger partial charge on any atom is -0.497 e. The first-order valence-corrected chi connectivity index (χ1v) is 8.01. The van der Waals surface area contributed by atoms with Gasteiger partial charge in [0.2, 0.25) is 0 Å². The summed E-state index contributed by atoms with van der Waals surface area (Å²) in [5.41, 5.74) is 6.95. The molecule has 6 nitrogen and oxygen atoms in total. The van der Waals surface area contributed by atoms with Crippen LogP contribution >= 0.6 is 12.2 Å². The van der Waals surface area contributed by atoms with Crippen LogP contribution in [-0.4, -0.2) is 29.3 Å². The normalized spacial score (nSPS) is 11.4. The molecule has 24 heavy (non-hydrogen) atoms. The van der Waals surface area contributed by atoms with Crippen LogP contribution in [0.15, 0.2) is 29.1 Å². The second kappa shape index (κ2) is 7.19. The molecule has 0 saturated heterocycles. The van der Waals surface area contributed by atoms with Gasteiger partial charge in [-0.25, -0.2) is 0 Å². The van der Waals surface area contributed by atoms with Gasteiger partial charge in [-0.1, -0.05) is 0 Å². The highest BCUT2D eigenvalue weighted by atomic mass is 32.1. The van der Waals surface area contributed by atoms with Gasteiger partial charge in [0.1, 0.15) is 11.5 Å². The van der Waals surface area contributed by atoms with E-state index in [1.54, 1.807) is 20.3 Å². The molecule has 130 valence electrons. The Hall–Kier alpha value is -2.12. The smallest absolute Gasteiger partial charge is 0.252 e. The highest BCUT2D eigenvalue weighted by Gasteiger charge is 2.16. The van der Waals surface area contributed by atoms with Gasteiger partial charge >= 0.3 is 0 Å². The number of nitrogens with two attached hydrogens (primary N) is 1. The van der Waals surface area contributed by atoms with Crippen LogP contribution in [0.25, 0.3) is 11.3 Å². The lowest BCUT2D eigenvalue weighted by Crippen LogP contribution is -2.33. The predicted octanol–water partition coefficient (Wildman–Crippen LogP) is 2.72. The molecule has 0 unspecified atom stereocenters. The average Bonchev–Trinajstić information content (AvgIpc) is 2.51. The number of aromatic amines is 1. The Balaban J connectivity index is 2.61. The number of nitrogens with zero attached hydrogens (tertiary/aromatic N) is 1. The maximum Gasteiger partial charge on any atom is 0.252 e. The lowest BCUT2D eigenvalue weighted by atomic mass is 10.0. The average molecular weight is 349 g/mol. The molecule has 3 N–H and O–H groups in total. The van der Waals surface area contributed by atoms with Crippen molar-refractivity contribution in [1.82, 2.24) is 9.55 Å². The van der Waals surface area contributed by atoms with Crippen LogP contribution in [0.1, 0.15) is 20.3 Å². The highest BCUT2D eigenvalue weighted by Crippen LogP contribution is 2.33. The van der Waals surface area contributed by atoms with Gasteiger partial charge in [-0.05, 0) is 44.6 Å². The minimum atomic E-state index is -0.341. The van der Waals surface area contributed by atoms with Crippen molar-refractivity contribution in [2.45, 2.75) is 32.4 Å². The first-order chi connectivity index (χ1) is 11.2. The third-order valence-corrected chi connectivity index (χ3v) is 4.02. The van der Waals surface area contributed by atoms with E-state index in [0.717, 1.165) is 5.56 Å². The Kier molecular flexibility index (Phi) is 5.46. The summed E-state index contributed by atoms with van der Waals surface area (Å²) in [6.45, 7) is 4.50. The highest BCUT2D eigenvalue weighted by molar-refractivity contribution is 7.71. The molecular formula is C17H23N3O3S. The Bertz CT molecular complexity index is 834. The quantitative estimate of drug-likeness (QED) is 0.784. The van der Waals surface area contributed by atoms with Crippen LogP contribution in [-0.2, 0) is 6.54 Å². The third-order valence-electron chi connectivity index (χ3n) is 3.70. The molecule has 0 aliphatic carbocycles. The van der Waals surface area contributed by atoms with Gasteiger partial charge in [-0.2, -0.15) is 0 Å². The van der Waals surface area contributed by atoms with E-state index < -0.39 is 0 Å². The number of nitrogens with one attached hydrogen (secondary N) is 1. The largest absolute Gasteiger partial charge is 0.497 e. The van der Waals surface area contributed by atoms with Gasteiger partial charge < -0.3 is 19.8 Å². The van der Waals surface area contributed by atoms with Crippen LogP contribution in [0.4, 0.5) is 0 Å². The molecule has 0 fully saturated rings. The number of hydrogen-bond donors (Lipinski definition) is 2. The van der Waals surface area contributed by atoms with Gasteiger partial charge in [0.25, 0.3) is 5.56 Å². The molecule has 1 aromatic heterocycles. The second-order valence-electron chi connectivity index (χ2n) is 6.28. The molecule has 1 aromatic carbocycles. The molecule has 7 heteroatoms. The standard InChI is InChI=1S/C17H23N3O3S/c1-17(2,18)7-8-20-13(10-15(21)19-16(20)24)12-6-5-11(22-3)9-14(12)23-4/h5-6,9-10H,7-8,18H2,1-4H3,(H,19,21,24). The second-order valence-corrected chi connectivity index (χ2v) is 6.67.